The number of Topliss-reactive ketones (excluding diaryl/α,β-unsaturated/α-hetero) is 1. The fourth-order valence-corrected chi connectivity index (χ4v) is 2.09. The van der Waals surface area contributed by atoms with Crippen molar-refractivity contribution < 1.29 is 19.1 Å². The van der Waals surface area contributed by atoms with Gasteiger partial charge < -0.3 is 15.8 Å². The number of ketones is 1. The van der Waals surface area contributed by atoms with E-state index < -0.39 is 18.1 Å². The van der Waals surface area contributed by atoms with E-state index in [1.54, 1.807) is 6.92 Å². The minimum atomic E-state index is -0.671. The highest BCUT2D eigenvalue weighted by atomic mass is 16.5. The molecule has 6 nitrogen and oxygen atoms in total. The zero-order valence-electron chi connectivity index (χ0n) is 14.2. The van der Waals surface area contributed by atoms with E-state index in [0.29, 0.717) is 18.8 Å². The summed E-state index contributed by atoms with van der Waals surface area (Å²) in [6, 6.07) is -1.31. The van der Waals surface area contributed by atoms with Crippen LogP contribution in [0.15, 0.2) is 0 Å². The lowest BCUT2D eigenvalue weighted by molar-refractivity contribution is -0.146. The van der Waals surface area contributed by atoms with Gasteiger partial charge in [-0.05, 0) is 25.7 Å². The van der Waals surface area contributed by atoms with Crippen LogP contribution in [0.4, 0.5) is 0 Å². The Morgan fingerprint density at radius 2 is 1.82 bits per heavy atom. The first kappa shape index (κ1) is 20.6. The SMILES string of the molecule is CCCCC(NC(=O)[C@@H](N)CC(C)C)C(=O)CC(=O)OCC. The molecule has 0 spiro atoms. The summed E-state index contributed by atoms with van der Waals surface area (Å²) in [5.74, 6) is -0.927. The van der Waals surface area contributed by atoms with Crippen molar-refractivity contribution >= 4 is 17.7 Å². The number of carbonyl (C=O) groups excluding carboxylic acids is 3. The first-order chi connectivity index (χ1) is 10.3. The van der Waals surface area contributed by atoms with Gasteiger partial charge in [-0.25, -0.2) is 0 Å². The molecule has 0 bridgehead atoms. The Labute approximate surface area is 133 Å². The van der Waals surface area contributed by atoms with Gasteiger partial charge in [-0.15, -0.1) is 0 Å². The van der Waals surface area contributed by atoms with Gasteiger partial charge in [0.05, 0.1) is 18.7 Å². The highest BCUT2D eigenvalue weighted by Crippen LogP contribution is 2.07. The predicted octanol–water partition coefficient (Wildman–Crippen LogP) is 1.56. The van der Waals surface area contributed by atoms with Crippen LogP contribution in [-0.2, 0) is 19.1 Å². The first-order valence-corrected chi connectivity index (χ1v) is 8.06. The van der Waals surface area contributed by atoms with Gasteiger partial charge >= 0.3 is 5.97 Å². The molecule has 3 N–H and O–H groups in total. The summed E-state index contributed by atoms with van der Waals surface area (Å²) in [5, 5.41) is 2.68. The summed E-state index contributed by atoms with van der Waals surface area (Å²) in [7, 11) is 0. The van der Waals surface area contributed by atoms with E-state index >= 15 is 0 Å². The molecule has 2 atom stereocenters. The monoisotopic (exact) mass is 314 g/mol. The molecule has 0 aromatic carbocycles. The normalized spacial score (nSPS) is 13.5. The Bertz CT molecular complexity index is 369. The first-order valence-electron chi connectivity index (χ1n) is 8.06. The maximum absolute atomic E-state index is 12.2. The fourth-order valence-electron chi connectivity index (χ4n) is 2.09. The topological polar surface area (TPSA) is 98.5 Å². The second-order valence-corrected chi connectivity index (χ2v) is 5.89. The zero-order valence-corrected chi connectivity index (χ0v) is 14.2. The summed E-state index contributed by atoms with van der Waals surface area (Å²) in [5.41, 5.74) is 5.83. The quantitative estimate of drug-likeness (QED) is 0.445. The molecule has 0 aliphatic carbocycles. The number of rotatable bonds is 11. The second kappa shape index (κ2) is 11.2. The lowest BCUT2D eigenvalue weighted by atomic mass is 10.0. The van der Waals surface area contributed by atoms with Crippen molar-refractivity contribution in [2.45, 2.75) is 71.9 Å². The van der Waals surface area contributed by atoms with Crippen molar-refractivity contribution in [2.24, 2.45) is 11.7 Å². The molecule has 0 saturated heterocycles. The highest BCUT2D eigenvalue weighted by Gasteiger charge is 2.25. The summed E-state index contributed by atoms with van der Waals surface area (Å²) < 4.78 is 4.78. The number of nitrogens with one attached hydrogen (secondary N) is 1. The summed E-state index contributed by atoms with van der Waals surface area (Å²) in [6.07, 6.45) is 2.44. The standard InChI is InChI=1S/C16H30N2O4/c1-5-7-8-13(14(19)10-15(20)22-6-2)18-16(21)12(17)9-11(3)4/h11-13H,5-10,17H2,1-4H3,(H,18,21)/t12-,13?/m0/s1. The average molecular weight is 314 g/mol. The number of hydrogen-bond acceptors (Lipinski definition) is 5. The number of amides is 1. The highest BCUT2D eigenvalue weighted by molar-refractivity contribution is 6.00. The van der Waals surface area contributed by atoms with Crippen molar-refractivity contribution in [3.8, 4) is 0 Å². The Balaban J connectivity index is 4.64. The third kappa shape index (κ3) is 8.77. The molecule has 0 aromatic heterocycles. The third-order valence-corrected chi connectivity index (χ3v) is 3.24. The maximum atomic E-state index is 12.2. The lowest BCUT2D eigenvalue weighted by Gasteiger charge is -2.20. The van der Waals surface area contributed by atoms with Crippen molar-refractivity contribution in [3.63, 3.8) is 0 Å². The van der Waals surface area contributed by atoms with Crippen molar-refractivity contribution in [1.82, 2.24) is 5.32 Å². The van der Waals surface area contributed by atoms with E-state index in [1.165, 1.54) is 0 Å². The zero-order chi connectivity index (χ0) is 17.1. The molecular formula is C16H30N2O4. The Kier molecular flexibility index (Phi) is 10.5. The summed E-state index contributed by atoms with van der Waals surface area (Å²) >= 11 is 0. The van der Waals surface area contributed by atoms with Gasteiger partial charge in [0.15, 0.2) is 5.78 Å². The lowest BCUT2D eigenvalue weighted by Crippen LogP contribution is -2.49. The molecule has 0 saturated carbocycles. The Morgan fingerprint density at radius 3 is 2.32 bits per heavy atom. The molecule has 0 rings (SSSR count). The van der Waals surface area contributed by atoms with Gasteiger partial charge in [-0.3, -0.25) is 14.4 Å². The van der Waals surface area contributed by atoms with Crippen LogP contribution in [0.3, 0.4) is 0 Å². The average Bonchev–Trinajstić information content (AvgIpc) is 2.42. The van der Waals surface area contributed by atoms with Crippen LogP contribution < -0.4 is 11.1 Å². The molecule has 128 valence electrons. The maximum Gasteiger partial charge on any atom is 0.313 e. The molecule has 0 fully saturated rings. The molecule has 0 aliphatic heterocycles. The van der Waals surface area contributed by atoms with Crippen LogP contribution in [0.1, 0.15) is 59.8 Å². The van der Waals surface area contributed by atoms with Gasteiger partial charge in [0.1, 0.15) is 6.42 Å². The number of unbranched alkanes of at least 4 members (excludes halogenated alkanes) is 1. The van der Waals surface area contributed by atoms with Crippen LogP contribution >= 0.6 is 0 Å². The summed E-state index contributed by atoms with van der Waals surface area (Å²) in [6.45, 7) is 7.88. The van der Waals surface area contributed by atoms with Gasteiger partial charge in [-0.2, -0.15) is 0 Å². The van der Waals surface area contributed by atoms with E-state index in [2.05, 4.69) is 5.32 Å². The van der Waals surface area contributed by atoms with Gasteiger partial charge in [0.25, 0.3) is 0 Å². The third-order valence-electron chi connectivity index (χ3n) is 3.24. The number of esters is 1. The van der Waals surface area contributed by atoms with Crippen molar-refractivity contribution in [1.29, 1.82) is 0 Å². The second-order valence-electron chi connectivity index (χ2n) is 5.89. The Hall–Kier alpha value is -1.43. The minimum Gasteiger partial charge on any atom is -0.466 e. The number of carbonyl (C=O) groups is 3. The van der Waals surface area contributed by atoms with Crippen molar-refractivity contribution in [3.05, 3.63) is 0 Å². The largest absolute Gasteiger partial charge is 0.466 e. The molecular weight excluding hydrogens is 284 g/mol. The van der Waals surface area contributed by atoms with Crippen LogP contribution in [-0.4, -0.2) is 36.4 Å². The molecule has 6 heteroatoms. The number of ether oxygens (including phenoxy) is 1. The van der Waals surface area contributed by atoms with Crippen LogP contribution in [0, 0.1) is 5.92 Å². The van der Waals surface area contributed by atoms with E-state index in [-0.39, 0.29) is 24.7 Å². The van der Waals surface area contributed by atoms with E-state index in [4.69, 9.17) is 10.5 Å². The molecule has 0 heterocycles. The predicted molar refractivity (Wildman–Crippen MR) is 85.1 cm³/mol. The molecule has 0 aromatic rings. The molecule has 1 amide bonds. The summed E-state index contributed by atoms with van der Waals surface area (Å²) in [4.78, 5) is 35.6. The van der Waals surface area contributed by atoms with E-state index in [0.717, 1.165) is 12.8 Å². The minimum absolute atomic E-state index is 0.233. The molecule has 22 heavy (non-hydrogen) atoms. The van der Waals surface area contributed by atoms with Gasteiger partial charge in [0, 0.05) is 0 Å². The van der Waals surface area contributed by atoms with Gasteiger partial charge in [-0.1, -0.05) is 33.6 Å². The van der Waals surface area contributed by atoms with Crippen LogP contribution in [0.2, 0.25) is 0 Å². The molecule has 1 unspecified atom stereocenters. The van der Waals surface area contributed by atoms with Crippen LogP contribution in [0.25, 0.3) is 0 Å². The number of hydrogen-bond donors (Lipinski definition) is 2. The van der Waals surface area contributed by atoms with Crippen molar-refractivity contribution in [2.75, 3.05) is 6.61 Å². The van der Waals surface area contributed by atoms with Crippen LogP contribution in [0.5, 0.6) is 0 Å². The number of nitrogens with two attached hydrogens (primary N) is 1. The molecule has 0 radical (unpaired) electrons. The van der Waals surface area contributed by atoms with E-state index in [9.17, 15) is 14.4 Å². The molecule has 0 aliphatic rings. The fraction of sp³-hybridized carbons (Fsp3) is 0.812. The van der Waals surface area contributed by atoms with E-state index in [1.807, 2.05) is 20.8 Å². The Morgan fingerprint density at radius 1 is 1.18 bits per heavy atom. The smallest absolute Gasteiger partial charge is 0.313 e. The van der Waals surface area contributed by atoms with Gasteiger partial charge in [0.2, 0.25) is 5.91 Å².